The lowest BCUT2D eigenvalue weighted by molar-refractivity contribution is -0.121. The fraction of sp³-hybridized carbons (Fsp3) is 0.227. The number of nitrogens with zero attached hydrogens (tertiary/aromatic N) is 4. The Labute approximate surface area is 169 Å². The van der Waals surface area contributed by atoms with Crippen molar-refractivity contribution in [3.05, 3.63) is 84.4 Å². The molecule has 0 aliphatic carbocycles. The van der Waals surface area contributed by atoms with Crippen molar-refractivity contribution in [2.45, 2.75) is 6.04 Å². The molecule has 1 fully saturated rings. The molecule has 1 amide bonds. The molecule has 0 unspecified atom stereocenters. The molecule has 0 radical (unpaired) electrons. The first kappa shape index (κ1) is 19.0. The number of piperazine rings is 1. The molecule has 0 saturated carbocycles. The number of amides is 1. The third kappa shape index (κ3) is 4.57. The number of carbonyl (C=O) groups excluding carboxylic acids is 1. The molecule has 2 heterocycles. The maximum absolute atomic E-state index is 13.2. The standard InChI is InChI=1S/C22H22FN5O/c23-18-7-9-19(10-8-18)26-21(29)20(17-5-2-1-3-6-17)27-13-15-28(16-14-27)22-24-11-4-12-25-22/h1-12,20H,13-16H2,(H,26,29)/t20-/m0/s1. The van der Waals surface area contributed by atoms with Gasteiger partial charge in [-0.3, -0.25) is 9.69 Å². The van der Waals surface area contributed by atoms with Gasteiger partial charge in [0.1, 0.15) is 11.9 Å². The summed E-state index contributed by atoms with van der Waals surface area (Å²) in [7, 11) is 0. The van der Waals surface area contributed by atoms with Crippen LogP contribution in [0, 0.1) is 5.82 Å². The van der Waals surface area contributed by atoms with Crippen LogP contribution in [0.3, 0.4) is 0 Å². The second kappa shape index (κ2) is 8.79. The van der Waals surface area contributed by atoms with Gasteiger partial charge >= 0.3 is 0 Å². The highest BCUT2D eigenvalue weighted by Gasteiger charge is 2.31. The zero-order valence-corrected chi connectivity index (χ0v) is 15.9. The monoisotopic (exact) mass is 391 g/mol. The third-order valence-electron chi connectivity index (χ3n) is 4.99. The number of nitrogens with one attached hydrogen (secondary N) is 1. The first-order valence-electron chi connectivity index (χ1n) is 9.58. The molecule has 0 spiro atoms. The maximum Gasteiger partial charge on any atom is 0.246 e. The SMILES string of the molecule is O=C(Nc1ccc(F)cc1)[C@H](c1ccccc1)N1CCN(c2ncccn2)CC1. The summed E-state index contributed by atoms with van der Waals surface area (Å²) >= 11 is 0. The predicted molar refractivity (Wildman–Crippen MR) is 110 cm³/mol. The predicted octanol–water partition coefficient (Wildman–Crippen LogP) is 3.12. The minimum absolute atomic E-state index is 0.132. The van der Waals surface area contributed by atoms with Crippen molar-refractivity contribution in [3.8, 4) is 0 Å². The highest BCUT2D eigenvalue weighted by molar-refractivity contribution is 5.95. The molecule has 1 atom stereocenters. The average Bonchev–Trinajstić information content (AvgIpc) is 2.77. The molecule has 6 nitrogen and oxygen atoms in total. The van der Waals surface area contributed by atoms with Gasteiger partial charge in [-0.1, -0.05) is 30.3 Å². The van der Waals surface area contributed by atoms with Crippen LogP contribution in [0.2, 0.25) is 0 Å². The zero-order valence-electron chi connectivity index (χ0n) is 15.9. The molecule has 7 heteroatoms. The van der Waals surface area contributed by atoms with E-state index in [0.29, 0.717) is 24.7 Å². The van der Waals surface area contributed by atoms with Crippen molar-refractivity contribution in [2.24, 2.45) is 0 Å². The van der Waals surface area contributed by atoms with Crippen LogP contribution in [0.25, 0.3) is 0 Å². The van der Waals surface area contributed by atoms with Gasteiger partial charge in [-0.05, 0) is 35.9 Å². The van der Waals surface area contributed by atoms with E-state index in [9.17, 15) is 9.18 Å². The van der Waals surface area contributed by atoms with E-state index in [-0.39, 0.29) is 11.7 Å². The zero-order chi connectivity index (χ0) is 20.1. The second-order valence-electron chi connectivity index (χ2n) is 6.88. The van der Waals surface area contributed by atoms with Crippen molar-refractivity contribution in [1.29, 1.82) is 0 Å². The Morgan fingerprint density at radius 2 is 1.55 bits per heavy atom. The minimum Gasteiger partial charge on any atom is -0.338 e. The van der Waals surface area contributed by atoms with Crippen LogP contribution < -0.4 is 10.2 Å². The molecule has 3 aromatic rings. The number of aromatic nitrogens is 2. The highest BCUT2D eigenvalue weighted by Crippen LogP contribution is 2.25. The summed E-state index contributed by atoms with van der Waals surface area (Å²) in [5, 5.41) is 2.92. The maximum atomic E-state index is 13.2. The largest absolute Gasteiger partial charge is 0.338 e. The summed E-state index contributed by atoms with van der Waals surface area (Å²) in [5.74, 6) is 0.244. The lowest BCUT2D eigenvalue weighted by atomic mass is 10.0. The van der Waals surface area contributed by atoms with E-state index in [0.717, 1.165) is 18.7 Å². The lowest BCUT2D eigenvalue weighted by Crippen LogP contribution is -2.50. The van der Waals surface area contributed by atoms with Gasteiger partial charge < -0.3 is 10.2 Å². The lowest BCUT2D eigenvalue weighted by Gasteiger charge is -2.38. The van der Waals surface area contributed by atoms with Crippen LogP contribution in [-0.4, -0.2) is 47.0 Å². The Kier molecular flexibility index (Phi) is 5.76. The number of benzene rings is 2. The third-order valence-corrected chi connectivity index (χ3v) is 4.99. The van der Waals surface area contributed by atoms with Crippen molar-refractivity contribution in [2.75, 3.05) is 36.4 Å². The Morgan fingerprint density at radius 3 is 2.21 bits per heavy atom. The molecule has 1 aliphatic heterocycles. The van der Waals surface area contributed by atoms with E-state index < -0.39 is 6.04 Å². The van der Waals surface area contributed by atoms with Crippen LogP contribution in [-0.2, 0) is 4.79 Å². The van der Waals surface area contributed by atoms with Gasteiger partial charge in [0.05, 0.1) is 0 Å². The normalized spacial score (nSPS) is 15.7. The molecule has 2 aromatic carbocycles. The Morgan fingerprint density at radius 1 is 0.897 bits per heavy atom. The summed E-state index contributed by atoms with van der Waals surface area (Å²) in [4.78, 5) is 26.1. The van der Waals surface area contributed by atoms with E-state index >= 15 is 0 Å². The Balaban J connectivity index is 1.51. The van der Waals surface area contributed by atoms with Crippen LogP contribution in [0.15, 0.2) is 73.1 Å². The number of rotatable bonds is 5. The molecule has 1 saturated heterocycles. The van der Waals surface area contributed by atoms with E-state index in [1.165, 1.54) is 12.1 Å². The number of carbonyl (C=O) groups is 1. The number of anilines is 2. The van der Waals surface area contributed by atoms with E-state index in [1.807, 2.05) is 30.3 Å². The molecule has 148 valence electrons. The molecular formula is C22H22FN5O. The van der Waals surface area contributed by atoms with E-state index in [2.05, 4.69) is 25.1 Å². The summed E-state index contributed by atoms with van der Waals surface area (Å²) in [6.07, 6.45) is 3.47. The number of halogens is 1. The fourth-order valence-corrected chi connectivity index (χ4v) is 3.54. The fourth-order valence-electron chi connectivity index (χ4n) is 3.54. The summed E-state index contributed by atoms with van der Waals surface area (Å²) in [5.41, 5.74) is 1.50. The summed E-state index contributed by atoms with van der Waals surface area (Å²) < 4.78 is 13.2. The van der Waals surface area contributed by atoms with Crippen LogP contribution in [0.1, 0.15) is 11.6 Å². The Hall–Kier alpha value is -3.32. The van der Waals surface area contributed by atoms with Crippen molar-refractivity contribution in [3.63, 3.8) is 0 Å². The van der Waals surface area contributed by atoms with Crippen molar-refractivity contribution in [1.82, 2.24) is 14.9 Å². The molecule has 4 rings (SSSR count). The van der Waals surface area contributed by atoms with Gasteiger partial charge in [0, 0.05) is 44.3 Å². The van der Waals surface area contributed by atoms with Crippen molar-refractivity contribution < 1.29 is 9.18 Å². The van der Waals surface area contributed by atoms with Gasteiger partial charge in [-0.25, -0.2) is 14.4 Å². The number of hydrogen-bond donors (Lipinski definition) is 1. The van der Waals surface area contributed by atoms with Gasteiger partial charge in [0.2, 0.25) is 11.9 Å². The number of hydrogen-bond acceptors (Lipinski definition) is 5. The molecule has 29 heavy (non-hydrogen) atoms. The van der Waals surface area contributed by atoms with Crippen molar-refractivity contribution >= 4 is 17.5 Å². The summed E-state index contributed by atoms with van der Waals surface area (Å²) in [6, 6.07) is 16.9. The Bertz CT molecular complexity index is 928. The van der Waals surface area contributed by atoms with Gasteiger partial charge in [0.25, 0.3) is 0 Å². The van der Waals surface area contributed by atoms with Crippen LogP contribution in [0.5, 0.6) is 0 Å². The minimum atomic E-state index is -0.430. The quantitative estimate of drug-likeness (QED) is 0.724. The highest BCUT2D eigenvalue weighted by atomic mass is 19.1. The van der Waals surface area contributed by atoms with Gasteiger partial charge in [-0.15, -0.1) is 0 Å². The smallest absolute Gasteiger partial charge is 0.246 e. The molecule has 1 aromatic heterocycles. The first-order valence-corrected chi connectivity index (χ1v) is 9.58. The average molecular weight is 391 g/mol. The second-order valence-corrected chi connectivity index (χ2v) is 6.88. The first-order chi connectivity index (χ1) is 14.2. The van der Waals surface area contributed by atoms with E-state index in [1.54, 1.807) is 30.6 Å². The van der Waals surface area contributed by atoms with Crippen LogP contribution in [0.4, 0.5) is 16.0 Å². The van der Waals surface area contributed by atoms with Gasteiger partial charge in [0.15, 0.2) is 0 Å². The molecule has 1 aliphatic rings. The molecular weight excluding hydrogens is 369 g/mol. The summed E-state index contributed by atoms with van der Waals surface area (Å²) in [6.45, 7) is 2.87. The van der Waals surface area contributed by atoms with E-state index in [4.69, 9.17) is 0 Å². The molecule has 1 N–H and O–H groups in total. The molecule has 0 bridgehead atoms. The van der Waals surface area contributed by atoms with Crippen LogP contribution >= 0.6 is 0 Å². The topological polar surface area (TPSA) is 61.4 Å². The van der Waals surface area contributed by atoms with Gasteiger partial charge in [-0.2, -0.15) is 0 Å².